The van der Waals surface area contributed by atoms with E-state index in [1.54, 1.807) is 29.3 Å². The second-order valence-electron chi connectivity index (χ2n) is 11.6. The number of carboxylic acids is 1. The maximum Gasteiger partial charge on any atom is 0.352 e. The fraction of sp³-hybridized carbons (Fsp3) is 0.132. The number of benzene rings is 3. The number of amides is 2. The van der Waals surface area contributed by atoms with E-state index < -0.39 is 40.8 Å². The quantitative estimate of drug-likeness (QED) is 0.0683. The van der Waals surface area contributed by atoms with Crippen molar-refractivity contribution in [3.63, 3.8) is 0 Å². The van der Waals surface area contributed by atoms with Crippen molar-refractivity contribution in [1.29, 1.82) is 0 Å². The Labute approximate surface area is 306 Å². The van der Waals surface area contributed by atoms with Gasteiger partial charge in [0.15, 0.2) is 11.2 Å². The maximum absolute atomic E-state index is 13.3. The highest BCUT2D eigenvalue weighted by Crippen LogP contribution is 2.42. The Hall–Kier alpha value is -5.21. The Morgan fingerprint density at radius 3 is 2.14 bits per heavy atom. The van der Waals surface area contributed by atoms with Crippen LogP contribution >= 0.6 is 34.9 Å². The van der Waals surface area contributed by atoms with Crippen LogP contribution in [0.15, 0.2) is 149 Å². The third kappa shape index (κ3) is 6.80. The Kier molecular flexibility index (Phi) is 10.0. The van der Waals surface area contributed by atoms with Crippen molar-refractivity contribution < 1.29 is 24.6 Å². The third-order valence-corrected chi connectivity index (χ3v) is 11.4. The first-order valence-corrected chi connectivity index (χ1v) is 18.7. The molecule has 3 atom stereocenters. The van der Waals surface area contributed by atoms with Crippen molar-refractivity contribution in [2.75, 3.05) is 11.1 Å². The molecule has 2 aliphatic rings. The Morgan fingerprint density at radius 2 is 1.57 bits per heavy atom. The summed E-state index contributed by atoms with van der Waals surface area (Å²) in [6.45, 7) is 0. The topological polar surface area (TPSA) is 145 Å². The summed E-state index contributed by atoms with van der Waals surface area (Å²) < 4.78 is 0. The van der Waals surface area contributed by atoms with E-state index in [-0.39, 0.29) is 11.4 Å². The molecule has 0 spiro atoms. The van der Waals surface area contributed by atoms with Gasteiger partial charge in [-0.2, -0.15) is 0 Å². The maximum atomic E-state index is 13.3. The Morgan fingerprint density at radius 1 is 0.941 bits per heavy atom. The van der Waals surface area contributed by atoms with Crippen molar-refractivity contribution in [1.82, 2.24) is 20.2 Å². The number of nitrogens with zero attached hydrogens (tertiary/aromatic N) is 3. The number of carbonyl (C=O) groups excluding carboxylic acids is 2. The van der Waals surface area contributed by atoms with E-state index in [1.807, 2.05) is 103 Å². The number of aromatic nitrogens is 2. The molecule has 4 heterocycles. The second-order valence-corrected chi connectivity index (χ2v) is 14.6. The van der Waals surface area contributed by atoms with Crippen LogP contribution in [0.4, 0.5) is 5.13 Å². The molecule has 3 aromatic carbocycles. The SMILES string of the molecule is O=C(O)C1=C(C=CSc2cccnc2)CS[C@H]2C(NC(=O)C(O)c3csc(NC(c4ccccc4)(c4ccccc4)c4ccccc4)n3)C(=O)N12. The molecule has 5 aromatic rings. The molecule has 0 bridgehead atoms. The highest BCUT2D eigenvalue weighted by atomic mass is 32.2. The number of pyridine rings is 1. The molecule has 2 amide bonds. The number of rotatable bonds is 12. The molecule has 256 valence electrons. The lowest BCUT2D eigenvalue weighted by Gasteiger charge is -2.49. The summed E-state index contributed by atoms with van der Waals surface area (Å²) in [5.74, 6) is -2.27. The number of fused-ring (bicyclic) bond motifs is 1. The van der Waals surface area contributed by atoms with Crippen LogP contribution in [0.1, 0.15) is 28.5 Å². The summed E-state index contributed by atoms with van der Waals surface area (Å²) in [4.78, 5) is 49.7. The summed E-state index contributed by atoms with van der Waals surface area (Å²) in [5.41, 5.74) is 2.54. The molecule has 0 aliphatic carbocycles. The zero-order chi connectivity index (χ0) is 35.4. The molecule has 2 aliphatic heterocycles. The van der Waals surface area contributed by atoms with Gasteiger partial charge in [0.05, 0.1) is 5.69 Å². The predicted octanol–water partition coefficient (Wildman–Crippen LogP) is 6.02. The van der Waals surface area contributed by atoms with Crippen LogP contribution in [0, 0.1) is 0 Å². The molecule has 13 heteroatoms. The lowest BCUT2D eigenvalue weighted by atomic mass is 9.77. The summed E-state index contributed by atoms with van der Waals surface area (Å²) >= 11 is 3.98. The molecular formula is C38H31N5O5S3. The van der Waals surface area contributed by atoms with E-state index in [2.05, 4.69) is 20.6 Å². The number of nitrogens with one attached hydrogen (secondary N) is 2. The molecule has 0 saturated carbocycles. The monoisotopic (exact) mass is 733 g/mol. The summed E-state index contributed by atoms with van der Waals surface area (Å²) in [7, 11) is 0. The van der Waals surface area contributed by atoms with E-state index >= 15 is 0 Å². The number of hydrogen-bond acceptors (Lipinski definition) is 10. The number of carboxylic acid groups (broad SMARTS) is 1. The average Bonchev–Trinajstić information content (AvgIpc) is 3.65. The van der Waals surface area contributed by atoms with Gasteiger partial charge in [0.2, 0.25) is 0 Å². The predicted molar refractivity (Wildman–Crippen MR) is 199 cm³/mol. The molecule has 2 unspecified atom stereocenters. The summed E-state index contributed by atoms with van der Waals surface area (Å²) in [6.07, 6.45) is 3.39. The first-order chi connectivity index (χ1) is 24.9. The second kappa shape index (κ2) is 15.0. The minimum Gasteiger partial charge on any atom is -0.477 e. The number of anilines is 1. The van der Waals surface area contributed by atoms with Gasteiger partial charge < -0.3 is 20.8 Å². The third-order valence-electron chi connectivity index (χ3n) is 8.57. The van der Waals surface area contributed by atoms with Gasteiger partial charge in [-0.3, -0.25) is 19.5 Å². The molecule has 7 rings (SSSR count). The normalized spacial score (nSPS) is 17.8. The van der Waals surface area contributed by atoms with Crippen molar-refractivity contribution in [2.45, 2.75) is 28.0 Å². The standard InChI is InChI=1S/C38H31N5O5S3/c44-32(33(45)41-30-34(46)43-31(36(47)48)24(22-50-35(30)43)18-20-49-28-17-10-19-39-21-28)29-23-51-37(40-29)42-38(25-11-4-1-5-12-25,26-13-6-2-7-14-26)27-15-8-3-9-16-27/h1-21,23,30,32,35,44H,22H2,(H,40,42)(H,41,45)(H,47,48)/t30?,32?,35-/m0/s1. The van der Waals surface area contributed by atoms with Crippen molar-refractivity contribution >= 4 is 57.8 Å². The van der Waals surface area contributed by atoms with Crippen LogP contribution in [0.2, 0.25) is 0 Å². The van der Waals surface area contributed by atoms with E-state index in [0.29, 0.717) is 16.5 Å². The lowest BCUT2D eigenvalue weighted by molar-refractivity contribution is -0.151. The first kappa shape index (κ1) is 34.2. The highest BCUT2D eigenvalue weighted by Gasteiger charge is 2.54. The van der Waals surface area contributed by atoms with Crippen molar-refractivity contribution in [3.05, 3.63) is 166 Å². The molecule has 1 saturated heterocycles. The number of thioether (sulfide) groups is 2. The number of carbonyl (C=O) groups is 3. The minimum atomic E-state index is -1.66. The number of β-lactam (4-membered cyclic amide) rings is 1. The van der Waals surface area contributed by atoms with Gasteiger partial charge in [-0.25, -0.2) is 9.78 Å². The summed E-state index contributed by atoms with van der Waals surface area (Å²) in [5, 5.41) is 30.6. The smallest absolute Gasteiger partial charge is 0.352 e. The molecule has 51 heavy (non-hydrogen) atoms. The van der Waals surface area contributed by atoms with Crippen LogP contribution in [0.25, 0.3) is 0 Å². The largest absolute Gasteiger partial charge is 0.477 e. The summed E-state index contributed by atoms with van der Waals surface area (Å²) in [6, 6.07) is 32.6. The molecule has 2 aromatic heterocycles. The number of aliphatic carboxylic acids is 1. The first-order valence-electron chi connectivity index (χ1n) is 15.9. The van der Waals surface area contributed by atoms with E-state index in [0.717, 1.165) is 21.6 Å². The molecule has 0 radical (unpaired) electrons. The minimum absolute atomic E-state index is 0.118. The molecular weight excluding hydrogens is 703 g/mol. The van der Waals surface area contributed by atoms with Crippen LogP contribution in [0.5, 0.6) is 0 Å². The van der Waals surface area contributed by atoms with Crippen molar-refractivity contribution in [2.24, 2.45) is 0 Å². The van der Waals surface area contributed by atoms with Gasteiger partial charge >= 0.3 is 5.97 Å². The van der Waals surface area contributed by atoms with Crippen molar-refractivity contribution in [3.8, 4) is 0 Å². The number of aliphatic hydroxyl groups is 1. The number of hydrogen-bond donors (Lipinski definition) is 4. The van der Waals surface area contributed by atoms with Gasteiger partial charge in [-0.1, -0.05) is 103 Å². The lowest BCUT2D eigenvalue weighted by Crippen LogP contribution is -2.70. The average molecular weight is 734 g/mol. The number of aliphatic hydroxyl groups excluding tert-OH is 1. The molecule has 10 nitrogen and oxygen atoms in total. The van der Waals surface area contributed by atoms with Gasteiger partial charge in [0, 0.05) is 28.4 Å². The molecule has 1 fully saturated rings. The van der Waals surface area contributed by atoms with Crippen LogP contribution in [0.3, 0.4) is 0 Å². The highest BCUT2D eigenvalue weighted by molar-refractivity contribution is 8.02. The van der Waals surface area contributed by atoms with E-state index in [1.165, 1.54) is 39.8 Å². The Bertz CT molecular complexity index is 2000. The van der Waals surface area contributed by atoms with Crippen LogP contribution in [-0.4, -0.2) is 60.0 Å². The fourth-order valence-corrected chi connectivity index (χ4v) is 8.93. The van der Waals surface area contributed by atoms with Gasteiger partial charge in [-0.15, -0.1) is 23.1 Å². The van der Waals surface area contributed by atoms with Gasteiger partial charge in [0.1, 0.15) is 22.7 Å². The fourth-order valence-electron chi connectivity index (χ4n) is 6.16. The zero-order valence-electron chi connectivity index (χ0n) is 26.8. The zero-order valence-corrected chi connectivity index (χ0v) is 29.3. The van der Waals surface area contributed by atoms with Gasteiger partial charge in [-0.05, 0) is 45.9 Å². The molecule has 4 N–H and O–H groups in total. The Balaban J connectivity index is 1.08. The van der Waals surface area contributed by atoms with Crippen LogP contribution in [-0.2, 0) is 19.9 Å². The van der Waals surface area contributed by atoms with E-state index in [4.69, 9.17) is 0 Å². The van der Waals surface area contributed by atoms with Crippen LogP contribution < -0.4 is 10.6 Å². The number of allylic oxidation sites excluding steroid dienone is 1. The van der Waals surface area contributed by atoms with E-state index in [9.17, 15) is 24.6 Å². The number of thiazole rings is 1. The van der Waals surface area contributed by atoms with Gasteiger partial charge in [0.25, 0.3) is 11.8 Å².